The van der Waals surface area contributed by atoms with Crippen LogP contribution in [0.5, 0.6) is 0 Å². The van der Waals surface area contributed by atoms with Gasteiger partial charge in [-0.3, -0.25) is 0 Å². The first-order valence-electron chi connectivity index (χ1n) is 9.67. The Balaban J connectivity index is 1.37. The van der Waals surface area contributed by atoms with Gasteiger partial charge in [-0.05, 0) is 0 Å². The maximum atomic E-state index is 3.69. The Labute approximate surface area is 153 Å². The predicted octanol–water partition coefficient (Wildman–Crippen LogP) is 7.11. The van der Waals surface area contributed by atoms with Crippen molar-refractivity contribution in [3.8, 4) is 0 Å². The van der Waals surface area contributed by atoms with E-state index in [0.29, 0.717) is 0 Å². The van der Waals surface area contributed by atoms with Gasteiger partial charge in [-0.1, -0.05) is 0 Å². The van der Waals surface area contributed by atoms with Crippen LogP contribution in [0.1, 0.15) is 11.1 Å². The van der Waals surface area contributed by atoms with Crippen LogP contribution >= 0.6 is 31.9 Å². The third kappa shape index (κ3) is 0.171. The van der Waals surface area contributed by atoms with E-state index < -0.39 is 6.51 Å². The molecule has 10 heterocycles. The van der Waals surface area contributed by atoms with Crippen LogP contribution in [0.2, 0.25) is 38.5 Å². The van der Waals surface area contributed by atoms with Crippen LogP contribution < -0.4 is 0 Å². The summed E-state index contributed by atoms with van der Waals surface area (Å²) in [6.45, 7) is -3.42. The van der Waals surface area contributed by atoms with Crippen LogP contribution in [-0.2, 0) is 15.1 Å². The van der Waals surface area contributed by atoms with Crippen molar-refractivity contribution in [2.45, 2.75) is 47.2 Å². The summed E-state index contributed by atoms with van der Waals surface area (Å²) >= 11 is 7.38. The zero-order valence-corrected chi connectivity index (χ0v) is 17.6. The molecule has 25 heavy (non-hydrogen) atoms. The van der Waals surface area contributed by atoms with Crippen molar-refractivity contribution in [3.63, 3.8) is 0 Å². The molecule has 0 radical (unpaired) electrons. The first kappa shape index (κ1) is 11.1. The van der Waals surface area contributed by atoms with E-state index in [1.54, 1.807) is 11.1 Å². The monoisotopic (exact) mass is 494 g/mol. The number of fused-ring (bicyclic) bond motifs is 10. The van der Waals surface area contributed by atoms with E-state index in [-0.39, 0.29) is 0 Å². The van der Waals surface area contributed by atoms with Gasteiger partial charge in [-0.2, -0.15) is 0 Å². The third-order valence-electron chi connectivity index (χ3n) is 17.4. The summed E-state index contributed by atoms with van der Waals surface area (Å²) in [5.41, 5.74) is 3.61. The second-order valence-corrected chi connectivity index (χ2v) is 37.8. The van der Waals surface area contributed by atoms with Crippen LogP contribution in [0.15, 0.2) is 57.5 Å². The van der Waals surface area contributed by atoms with Gasteiger partial charge in [0.15, 0.2) is 0 Å². The molecule has 126 valence electrons. The zero-order valence-electron chi connectivity index (χ0n) is 13.3. The first-order chi connectivity index (χ1) is 11.9. The van der Waals surface area contributed by atoms with Gasteiger partial charge in [0.1, 0.15) is 0 Å². The van der Waals surface area contributed by atoms with Crippen molar-refractivity contribution in [1.82, 2.24) is 0 Å². The van der Waals surface area contributed by atoms with Crippen molar-refractivity contribution in [2.75, 3.05) is 0 Å². The minimum atomic E-state index is -3.42. The fourth-order valence-corrected chi connectivity index (χ4v) is 96.3. The second-order valence-electron chi connectivity index (χ2n) is 12.8. The molecule has 2 aromatic rings. The van der Waals surface area contributed by atoms with Gasteiger partial charge in [0, 0.05) is 0 Å². The van der Waals surface area contributed by atoms with Crippen LogP contribution in [-0.4, -0.2) is 0 Å². The molecule has 10 fully saturated rings. The number of hydrogen-bond acceptors (Lipinski definition) is 0. The topological polar surface area (TPSA) is 0 Å². The number of rotatable bonds is 2. The van der Waals surface area contributed by atoms with Crippen molar-refractivity contribution in [1.29, 1.82) is 0 Å². The summed E-state index contributed by atoms with van der Waals surface area (Å²) in [7, 11) is 0. The van der Waals surface area contributed by atoms with E-state index in [2.05, 4.69) is 80.4 Å². The Morgan fingerprint density at radius 1 is 0.560 bits per heavy atom. The Hall–Kier alpha value is -0.0805. The van der Waals surface area contributed by atoms with Gasteiger partial charge < -0.3 is 0 Å². The van der Waals surface area contributed by atoms with E-state index >= 15 is 0 Å². The van der Waals surface area contributed by atoms with E-state index in [0.717, 1.165) is 8.63 Å². The first-order valence-corrected chi connectivity index (χ1v) is 17.5. The molecule has 2 aromatic carbocycles. The molecule has 1 spiro atoms. The zero-order chi connectivity index (χ0) is 15.9. The summed E-state index contributed by atoms with van der Waals surface area (Å²) < 4.78 is 3.97. The summed E-state index contributed by atoms with van der Waals surface area (Å²) in [5, 5.41) is 0. The van der Waals surface area contributed by atoms with Crippen molar-refractivity contribution < 1.29 is 6.51 Å². The van der Waals surface area contributed by atoms with Gasteiger partial charge in [-0.25, -0.2) is 0 Å². The molecule has 0 aliphatic carbocycles. The summed E-state index contributed by atoms with van der Waals surface area (Å²) in [6.07, 6.45) is 0. The molecular weight excluding hydrogens is 480 g/mol. The number of halogens is 2. The third-order valence-corrected chi connectivity index (χ3v) is 61.3. The van der Waals surface area contributed by atoms with Gasteiger partial charge in [-0.15, -0.1) is 0 Å². The van der Waals surface area contributed by atoms with Crippen molar-refractivity contribution >= 4 is 31.9 Å². The van der Waals surface area contributed by atoms with Crippen LogP contribution in [0.4, 0.5) is 0 Å². The van der Waals surface area contributed by atoms with Gasteiger partial charge in [0.05, 0.1) is 0 Å². The predicted molar refractivity (Wildman–Crippen MR) is 102 cm³/mol. The van der Waals surface area contributed by atoms with E-state index in [1.807, 2.05) is 0 Å². The molecule has 0 N–H and O–H groups in total. The summed E-state index contributed by atoms with van der Waals surface area (Å²) in [5.74, 6) is 0. The molecular formula is C22H16Br2Fe. The second kappa shape index (κ2) is 1.23. The molecule has 4 unspecified atom stereocenters. The number of benzene rings is 2. The SMILES string of the molecule is Brc1ccc([C]23[CH]4[CH]5[CH]6[C]2(c2ccc(Br)cc2)[Fe]54632789[CH]3[CH]2[CH]7[CH]8[CH]39)cc1. The van der Waals surface area contributed by atoms with Crippen LogP contribution in [0.3, 0.4) is 0 Å². The molecule has 10 aliphatic rings. The van der Waals surface area contributed by atoms with E-state index in [4.69, 9.17) is 0 Å². The number of hydrogen-bond donors (Lipinski definition) is 0. The molecule has 0 amide bonds. The van der Waals surface area contributed by atoms with Crippen LogP contribution in [0.25, 0.3) is 0 Å². The van der Waals surface area contributed by atoms with Crippen molar-refractivity contribution in [3.05, 3.63) is 68.6 Å². The maximum absolute atomic E-state index is 3.69. The normalized spacial score (nSPS) is 87.6. The quantitative estimate of drug-likeness (QED) is 0.389. The molecule has 0 nitrogen and oxygen atoms in total. The molecule has 0 aromatic heterocycles. The Bertz CT molecular complexity index is 1420. The van der Waals surface area contributed by atoms with Crippen LogP contribution in [0, 0.1) is 0 Å². The molecule has 3 heteroatoms. The Morgan fingerprint density at radius 2 is 0.920 bits per heavy atom. The Morgan fingerprint density at radius 3 is 1.20 bits per heavy atom. The minimum absolute atomic E-state index is 0.737. The van der Waals surface area contributed by atoms with Gasteiger partial charge in [0.2, 0.25) is 0 Å². The van der Waals surface area contributed by atoms with E-state index in [9.17, 15) is 0 Å². The molecule has 4 atom stereocenters. The van der Waals surface area contributed by atoms with Gasteiger partial charge in [0.25, 0.3) is 0 Å². The summed E-state index contributed by atoms with van der Waals surface area (Å²) in [6, 6.07) is 19.6. The van der Waals surface area contributed by atoms with Gasteiger partial charge >= 0.3 is 154 Å². The average molecular weight is 496 g/mol. The molecule has 10 aliphatic heterocycles. The molecule has 0 saturated carbocycles. The molecule has 0 bridgehead atoms. The van der Waals surface area contributed by atoms with E-state index in [1.165, 1.54) is 47.5 Å². The molecule has 10 saturated heterocycles. The fraction of sp³-hybridized carbons (Fsp3) is 0.455. The fourth-order valence-electron chi connectivity index (χ4n) is 19.6. The molecule has 12 rings (SSSR count). The average Bonchev–Trinajstić information content (AvgIpc) is 3.56. The Kier molecular flexibility index (Phi) is 0.545. The standard InChI is InChI=1S/C17H11Br2.C5H5.Fe/c18-14-8-4-12(5-9-14)16-2-1-3-17(16)13-6-10-15(19)11-7-13;1-2-4-5-3-1;/h1-11H;1-5H;. The summed E-state index contributed by atoms with van der Waals surface area (Å²) in [4.78, 5) is 10.5. The van der Waals surface area contributed by atoms with Crippen molar-refractivity contribution in [2.24, 2.45) is 0 Å².